The monoisotopic (exact) mass is 341 g/mol. The van der Waals surface area contributed by atoms with E-state index in [1.54, 1.807) is 6.92 Å². The molecule has 20 heavy (non-hydrogen) atoms. The molecule has 112 valence electrons. The van der Waals surface area contributed by atoms with Crippen LogP contribution in [0.3, 0.4) is 0 Å². The number of phosphoric acid groups is 1. The topological polar surface area (TPSA) is 159 Å². The fourth-order valence-electron chi connectivity index (χ4n) is 1.09. The number of nitro groups is 1. The molecule has 0 fully saturated rings. The van der Waals surface area contributed by atoms with Crippen LogP contribution in [0.2, 0.25) is 0 Å². The van der Waals surface area contributed by atoms with Gasteiger partial charge in [-0.1, -0.05) is 0 Å². The number of alkyl halides is 1. The molecular formula is C7H14ClN3NaO7P. The third-order valence-corrected chi connectivity index (χ3v) is 2.15. The van der Waals surface area contributed by atoms with Crippen LogP contribution in [0.1, 0.15) is 7.25 Å². The number of halogens is 1. The molecule has 1 atom stereocenters. The molecule has 1 aromatic rings. The molecule has 0 saturated carbocycles. The smallest absolute Gasteiger partial charge is 1.00 e. The van der Waals surface area contributed by atoms with Gasteiger partial charge in [0, 0.05) is 6.92 Å². The van der Waals surface area contributed by atoms with Crippen molar-refractivity contribution in [2.75, 3.05) is 5.88 Å². The third-order valence-electron chi connectivity index (χ3n) is 1.79. The van der Waals surface area contributed by atoms with Crippen molar-refractivity contribution in [2.24, 2.45) is 0 Å². The van der Waals surface area contributed by atoms with Gasteiger partial charge in [0.1, 0.15) is 18.8 Å². The molecule has 0 saturated heterocycles. The number of nitrogens with zero attached hydrogens (tertiary/aromatic N) is 3. The predicted molar refractivity (Wildman–Crippen MR) is 65.7 cm³/mol. The van der Waals surface area contributed by atoms with Gasteiger partial charge in [-0.3, -0.25) is 0 Å². The van der Waals surface area contributed by atoms with Crippen LogP contribution in [0.15, 0.2) is 6.20 Å². The first kappa shape index (κ1) is 22.3. The summed E-state index contributed by atoms with van der Waals surface area (Å²) in [6.45, 7) is 1.72. The van der Waals surface area contributed by atoms with Gasteiger partial charge < -0.3 is 31.3 Å². The number of hydrogen-bond acceptors (Lipinski definition) is 5. The Labute approximate surface area is 142 Å². The molecule has 13 heteroatoms. The Bertz CT molecular complexity index is 477. The molecule has 0 aromatic carbocycles. The van der Waals surface area contributed by atoms with E-state index < -0.39 is 18.8 Å². The zero-order valence-electron chi connectivity index (χ0n) is 11.7. The minimum atomic E-state index is -4.64. The van der Waals surface area contributed by atoms with Gasteiger partial charge >= 0.3 is 43.2 Å². The fourth-order valence-corrected chi connectivity index (χ4v) is 1.18. The summed E-state index contributed by atoms with van der Waals surface area (Å²) in [6, 6.07) is 0. The van der Waals surface area contributed by atoms with Gasteiger partial charge in [0.05, 0.1) is 5.88 Å². The molecular weight excluding hydrogens is 328 g/mol. The van der Waals surface area contributed by atoms with E-state index in [4.69, 9.17) is 30.8 Å². The van der Waals surface area contributed by atoms with Crippen molar-refractivity contribution < 1.29 is 60.3 Å². The molecule has 4 N–H and O–H groups in total. The number of aromatic nitrogens is 2. The van der Waals surface area contributed by atoms with E-state index in [0.29, 0.717) is 5.82 Å². The standard InChI is InChI=1S/C7H10ClN3O3.Na.H3O4P.H/c1-5-9-3-7(11(13)14)10(5)4-6(12)2-8;;1-5(2,3)4;/h3,6,12H,2,4H2,1H3;;(H3,1,2,3,4);/q;+1;;-1. The maximum atomic E-state index is 10.5. The van der Waals surface area contributed by atoms with E-state index in [1.165, 1.54) is 4.57 Å². The molecule has 0 amide bonds. The maximum absolute atomic E-state index is 10.5. The van der Waals surface area contributed by atoms with Gasteiger partial charge in [0.25, 0.3) is 0 Å². The summed E-state index contributed by atoms with van der Waals surface area (Å²) in [5.41, 5.74) is 0. The van der Waals surface area contributed by atoms with E-state index in [9.17, 15) is 15.2 Å². The molecule has 0 bridgehead atoms. The minimum absolute atomic E-state index is 0. The summed E-state index contributed by atoms with van der Waals surface area (Å²) in [5, 5.41) is 19.8. The van der Waals surface area contributed by atoms with E-state index in [0.717, 1.165) is 6.20 Å². The SMILES string of the molecule is Cc1ncc([N+](=O)[O-])n1CC(O)CCl.O=P(O)(O)O.[H-].[Na+]. The maximum Gasteiger partial charge on any atom is 1.00 e. The van der Waals surface area contributed by atoms with Crippen molar-refractivity contribution in [2.45, 2.75) is 19.6 Å². The summed E-state index contributed by atoms with van der Waals surface area (Å²) >= 11 is 5.40. The summed E-state index contributed by atoms with van der Waals surface area (Å²) in [6.07, 6.45) is 0.360. The van der Waals surface area contributed by atoms with Crippen LogP contribution >= 0.6 is 19.4 Å². The number of imidazole rings is 1. The molecule has 1 rings (SSSR count). The van der Waals surface area contributed by atoms with Crippen LogP contribution in [0.4, 0.5) is 5.82 Å². The van der Waals surface area contributed by atoms with Crippen molar-refractivity contribution in [1.82, 2.24) is 9.55 Å². The number of rotatable bonds is 4. The number of hydrogen-bond donors (Lipinski definition) is 4. The normalized spacial score (nSPS) is 11.9. The van der Waals surface area contributed by atoms with Crippen molar-refractivity contribution >= 4 is 25.2 Å². The molecule has 0 radical (unpaired) electrons. The van der Waals surface area contributed by atoms with E-state index >= 15 is 0 Å². The molecule has 1 aromatic heterocycles. The van der Waals surface area contributed by atoms with E-state index in [-0.39, 0.29) is 49.2 Å². The average Bonchev–Trinajstić information content (AvgIpc) is 2.58. The summed E-state index contributed by atoms with van der Waals surface area (Å²) in [7, 11) is -4.64. The van der Waals surface area contributed by atoms with Crippen LogP contribution in [0.25, 0.3) is 0 Å². The van der Waals surface area contributed by atoms with Crippen LogP contribution < -0.4 is 29.6 Å². The molecule has 0 aliphatic heterocycles. The predicted octanol–water partition coefficient (Wildman–Crippen LogP) is -3.11. The Morgan fingerprint density at radius 2 is 2.05 bits per heavy atom. The Balaban J connectivity index is -0.000000405. The van der Waals surface area contributed by atoms with Gasteiger partial charge in [-0.2, -0.15) is 0 Å². The molecule has 1 unspecified atom stereocenters. The van der Waals surface area contributed by atoms with Crippen molar-refractivity contribution in [3.8, 4) is 0 Å². The van der Waals surface area contributed by atoms with Gasteiger partial charge in [-0.25, -0.2) is 14.1 Å². The summed E-state index contributed by atoms with van der Waals surface area (Å²) < 4.78 is 10.2. The summed E-state index contributed by atoms with van der Waals surface area (Å²) in [4.78, 5) is 35.3. The van der Waals surface area contributed by atoms with Crippen LogP contribution in [0, 0.1) is 17.0 Å². The van der Waals surface area contributed by atoms with Gasteiger partial charge in [0.2, 0.25) is 0 Å². The van der Waals surface area contributed by atoms with Gasteiger partial charge in [0.15, 0.2) is 5.82 Å². The summed E-state index contributed by atoms with van der Waals surface area (Å²) in [5.74, 6) is 0.391. The third kappa shape index (κ3) is 9.81. The van der Waals surface area contributed by atoms with Crippen molar-refractivity contribution in [1.29, 1.82) is 0 Å². The second-order valence-corrected chi connectivity index (χ2v) is 4.69. The van der Waals surface area contributed by atoms with Crippen molar-refractivity contribution in [3.05, 3.63) is 22.1 Å². The first-order valence-electron chi connectivity index (χ1n) is 4.75. The number of aliphatic hydroxyl groups excluding tert-OH is 1. The van der Waals surface area contributed by atoms with Crippen LogP contribution in [-0.2, 0) is 11.1 Å². The fraction of sp³-hybridized carbons (Fsp3) is 0.571. The Morgan fingerprint density at radius 3 is 2.40 bits per heavy atom. The van der Waals surface area contributed by atoms with E-state index in [1.807, 2.05) is 0 Å². The zero-order valence-corrected chi connectivity index (χ0v) is 14.4. The van der Waals surface area contributed by atoms with E-state index in [2.05, 4.69) is 4.98 Å². The quantitative estimate of drug-likeness (QED) is 0.147. The Morgan fingerprint density at radius 1 is 1.60 bits per heavy atom. The molecule has 0 aliphatic carbocycles. The second-order valence-electron chi connectivity index (χ2n) is 3.35. The average molecular weight is 342 g/mol. The van der Waals surface area contributed by atoms with Crippen LogP contribution in [-0.4, -0.2) is 46.2 Å². The minimum Gasteiger partial charge on any atom is -1.00 e. The van der Waals surface area contributed by atoms with Gasteiger partial charge in [-0.15, -0.1) is 11.6 Å². The Hall–Kier alpha value is -0.0300. The molecule has 0 spiro atoms. The largest absolute Gasteiger partial charge is 1.00 e. The zero-order chi connectivity index (χ0) is 15.2. The second kappa shape index (κ2) is 9.82. The first-order valence-corrected chi connectivity index (χ1v) is 6.85. The van der Waals surface area contributed by atoms with Crippen LogP contribution in [0.5, 0.6) is 0 Å². The van der Waals surface area contributed by atoms with Gasteiger partial charge in [-0.05, 0) is 4.92 Å². The number of aliphatic hydroxyl groups is 1. The first-order chi connectivity index (χ1) is 8.56. The Kier molecular flexibility index (Phi) is 10.9. The van der Waals surface area contributed by atoms with Crippen molar-refractivity contribution in [3.63, 3.8) is 0 Å². The molecule has 1 heterocycles. The number of aryl methyl sites for hydroxylation is 1. The molecule has 10 nitrogen and oxygen atoms in total. The molecule has 0 aliphatic rings.